The smallest absolute Gasteiger partial charge is 0.338 e. The van der Waals surface area contributed by atoms with E-state index in [9.17, 15) is 19.7 Å². The normalized spacial score (nSPS) is 14.3. The molecule has 2 aromatic heterocycles. The number of furan rings is 1. The van der Waals surface area contributed by atoms with Crippen LogP contribution in [0.3, 0.4) is 0 Å². The van der Waals surface area contributed by atoms with Crippen LogP contribution < -0.4 is 24.4 Å². The Morgan fingerprint density at radius 1 is 1.06 bits per heavy atom. The molecule has 1 aliphatic heterocycles. The lowest BCUT2D eigenvalue weighted by Crippen LogP contribution is -2.39. The molecule has 0 N–H and O–H groups in total. The van der Waals surface area contributed by atoms with Crippen LogP contribution in [0.25, 0.3) is 17.4 Å². The quantitative estimate of drug-likeness (QED) is 0.103. The first kappa shape index (κ1) is 32.2. The molecular weight excluding hydrogens is 634 g/mol. The molecule has 0 unspecified atom stereocenters. The van der Waals surface area contributed by atoms with Crippen LogP contribution in [0.2, 0.25) is 0 Å². The number of nitro benzene ring substituents is 1. The van der Waals surface area contributed by atoms with Crippen LogP contribution in [-0.2, 0) is 16.1 Å². The van der Waals surface area contributed by atoms with Crippen molar-refractivity contribution in [3.05, 3.63) is 142 Å². The molecule has 1 atom stereocenters. The summed E-state index contributed by atoms with van der Waals surface area (Å²) in [6.45, 7) is 5.68. The van der Waals surface area contributed by atoms with Gasteiger partial charge in [-0.05, 0) is 67.8 Å². The van der Waals surface area contributed by atoms with E-state index in [0.29, 0.717) is 50.0 Å². The van der Waals surface area contributed by atoms with Gasteiger partial charge in [-0.25, -0.2) is 9.79 Å². The third-order valence-corrected chi connectivity index (χ3v) is 8.82. The number of rotatable bonds is 10. The molecule has 244 valence electrons. The third-order valence-electron chi connectivity index (χ3n) is 7.83. The van der Waals surface area contributed by atoms with Gasteiger partial charge in [0, 0.05) is 17.7 Å². The van der Waals surface area contributed by atoms with Crippen molar-refractivity contribution in [2.75, 3.05) is 13.7 Å². The van der Waals surface area contributed by atoms with Crippen molar-refractivity contribution in [1.29, 1.82) is 0 Å². The summed E-state index contributed by atoms with van der Waals surface area (Å²) in [6.07, 6.45) is 1.73. The number of allylic oxidation sites excluding steroid dienone is 1. The van der Waals surface area contributed by atoms with E-state index in [-0.39, 0.29) is 29.2 Å². The Labute approximate surface area is 278 Å². The van der Waals surface area contributed by atoms with E-state index in [1.807, 2.05) is 43.3 Å². The average Bonchev–Trinajstić information content (AvgIpc) is 3.68. The number of aryl methyl sites for hydroxylation is 1. The minimum atomic E-state index is -0.987. The maximum absolute atomic E-state index is 14.1. The standard InChI is InChI=1S/C36H31N3O8S/c1-5-45-35(41)32-22(3)37-36-38(33(32)29-16-15-27(47-29)26-19-25(39(42)43)13-11-21(26)2)34(40)31(48-36)18-24-12-14-28(30(17-24)44-4)46-20-23-9-7-6-8-10-23/h6-19,33H,5,20H2,1-4H3/b31-18-/t33-/m1/s1. The molecular formula is C36H31N3O8S. The predicted octanol–water partition coefficient (Wildman–Crippen LogP) is 5.86. The van der Waals surface area contributed by atoms with Crippen LogP contribution in [0, 0.1) is 17.0 Å². The molecule has 48 heavy (non-hydrogen) atoms. The van der Waals surface area contributed by atoms with Crippen LogP contribution in [0.4, 0.5) is 5.69 Å². The van der Waals surface area contributed by atoms with Crippen LogP contribution in [0.1, 0.15) is 42.3 Å². The summed E-state index contributed by atoms with van der Waals surface area (Å²) in [5, 5.41) is 11.5. The van der Waals surface area contributed by atoms with Crippen LogP contribution in [-0.4, -0.2) is 29.2 Å². The van der Waals surface area contributed by atoms with Crippen LogP contribution >= 0.6 is 11.3 Å². The first-order valence-electron chi connectivity index (χ1n) is 15.1. The Morgan fingerprint density at radius 2 is 1.85 bits per heavy atom. The Morgan fingerprint density at radius 3 is 2.58 bits per heavy atom. The Hall–Kier alpha value is -5.75. The maximum atomic E-state index is 14.1. The van der Waals surface area contributed by atoms with Gasteiger partial charge in [0.1, 0.15) is 24.2 Å². The minimum Gasteiger partial charge on any atom is -0.493 e. The molecule has 3 aromatic carbocycles. The van der Waals surface area contributed by atoms with E-state index in [0.717, 1.165) is 11.1 Å². The van der Waals surface area contributed by atoms with Crippen molar-refractivity contribution < 1.29 is 28.3 Å². The second-order valence-corrected chi connectivity index (χ2v) is 12.0. The Balaban J connectivity index is 1.42. The molecule has 0 bridgehead atoms. The zero-order chi connectivity index (χ0) is 33.9. The van der Waals surface area contributed by atoms with Gasteiger partial charge >= 0.3 is 5.97 Å². The number of fused-ring (bicyclic) bond motifs is 1. The van der Waals surface area contributed by atoms with Gasteiger partial charge in [-0.2, -0.15) is 0 Å². The largest absolute Gasteiger partial charge is 0.493 e. The summed E-state index contributed by atoms with van der Waals surface area (Å²) < 4.78 is 25.0. The molecule has 0 fully saturated rings. The lowest BCUT2D eigenvalue weighted by molar-refractivity contribution is -0.384. The zero-order valence-corrected chi connectivity index (χ0v) is 27.4. The van der Waals surface area contributed by atoms with Crippen LogP contribution in [0.15, 0.2) is 104 Å². The third kappa shape index (κ3) is 6.29. The van der Waals surface area contributed by atoms with Gasteiger partial charge in [0.25, 0.3) is 11.2 Å². The first-order valence-corrected chi connectivity index (χ1v) is 15.9. The molecule has 0 radical (unpaired) electrons. The molecule has 12 heteroatoms. The highest BCUT2D eigenvalue weighted by atomic mass is 32.1. The van der Waals surface area contributed by atoms with Gasteiger partial charge in [0.05, 0.1) is 34.4 Å². The van der Waals surface area contributed by atoms with E-state index in [1.54, 1.807) is 57.4 Å². The fraction of sp³-hybridized carbons (Fsp3) is 0.194. The molecule has 0 saturated carbocycles. The van der Waals surface area contributed by atoms with Crippen LogP contribution in [0.5, 0.6) is 11.5 Å². The van der Waals surface area contributed by atoms with Crippen molar-refractivity contribution in [3.8, 4) is 22.8 Å². The van der Waals surface area contributed by atoms with E-state index in [4.69, 9.17) is 18.6 Å². The monoisotopic (exact) mass is 665 g/mol. The maximum Gasteiger partial charge on any atom is 0.338 e. The summed E-state index contributed by atoms with van der Waals surface area (Å²) in [5.41, 5.74) is 3.07. The Kier molecular flexibility index (Phi) is 9.08. The Bertz CT molecular complexity index is 2250. The second kappa shape index (κ2) is 13.5. The molecule has 11 nitrogen and oxygen atoms in total. The fourth-order valence-corrected chi connectivity index (χ4v) is 6.52. The van der Waals surface area contributed by atoms with Crippen molar-refractivity contribution in [2.24, 2.45) is 4.99 Å². The van der Waals surface area contributed by atoms with Crippen molar-refractivity contribution in [1.82, 2.24) is 4.57 Å². The summed E-state index contributed by atoms with van der Waals surface area (Å²) >= 11 is 1.18. The average molecular weight is 666 g/mol. The number of methoxy groups -OCH3 is 1. The number of hydrogen-bond acceptors (Lipinski definition) is 10. The number of thiazole rings is 1. The van der Waals surface area contributed by atoms with Gasteiger partial charge in [-0.1, -0.05) is 53.8 Å². The highest BCUT2D eigenvalue weighted by Gasteiger charge is 2.35. The SMILES string of the molecule is CCOC(=O)C1=C(C)N=c2s/c(=C\c3ccc(OCc4ccccc4)c(OC)c3)c(=O)n2[C@@H]1c1ccc(-c2cc([N+](=O)[O-])ccc2C)o1. The fourth-order valence-electron chi connectivity index (χ4n) is 5.47. The molecule has 0 saturated heterocycles. The van der Waals surface area contributed by atoms with Gasteiger partial charge in [-0.3, -0.25) is 19.5 Å². The van der Waals surface area contributed by atoms with Gasteiger partial charge in [-0.15, -0.1) is 0 Å². The minimum absolute atomic E-state index is 0.0862. The molecule has 6 rings (SSSR count). The van der Waals surface area contributed by atoms with E-state index >= 15 is 0 Å². The number of ether oxygens (including phenoxy) is 3. The zero-order valence-electron chi connectivity index (χ0n) is 26.6. The number of esters is 1. The van der Waals surface area contributed by atoms with E-state index in [2.05, 4.69) is 4.99 Å². The molecule has 0 spiro atoms. The molecule has 0 amide bonds. The number of non-ortho nitro benzene ring substituents is 1. The lowest BCUT2D eigenvalue weighted by atomic mass is 10.0. The first-order chi connectivity index (χ1) is 23.2. The second-order valence-electron chi connectivity index (χ2n) is 10.9. The number of carbonyl (C=O) groups is 1. The lowest BCUT2D eigenvalue weighted by Gasteiger charge is -2.22. The van der Waals surface area contributed by atoms with Crippen molar-refractivity contribution >= 4 is 29.1 Å². The summed E-state index contributed by atoms with van der Waals surface area (Å²) in [4.78, 5) is 43.4. The number of aromatic nitrogens is 1. The molecule has 5 aromatic rings. The summed E-state index contributed by atoms with van der Waals surface area (Å²) in [7, 11) is 1.55. The molecule has 3 heterocycles. The summed E-state index contributed by atoms with van der Waals surface area (Å²) in [6, 6.07) is 22.0. The number of nitro groups is 1. The van der Waals surface area contributed by atoms with Gasteiger partial charge in [0.15, 0.2) is 16.3 Å². The highest BCUT2D eigenvalue weighted by molar-refractivity contribution is 7.07. The van der Waals surface area contributed by atoms with E-state index < -0.39 is 16.9 Å². The topological polar surface area (TPSA) is 135 Å². The predicted molar refractivity (Wildman–Crippen MR) is 180 cm³/mol. The highest BCUT2D eigenvalue weighted by Crippen LogP contribution is 2.36. The molecule has 1 aliphatic rings. The summed E-state index contributed by atoms with van der Waals surface area (Å²) in [5.74, 6) is 1.07. The van der Waals surface area contributed by atoms with Gasteiger partial charge in [0.2, 0.25) is 0 Å². The number of carbonyl (C=O) groups excluding carboxylic acids is 1. The molecule has 0 aliphatic carbocycles. The number of hydrogen-bond donors (Lipinski definition) is 0. The number of nitrogens with zero attached hydrogens (tertiary/aromatic N) is 3. The van der Waals surface area contributed by atoms with E-state index in [1.165, 1.54) is 28.0 Å². The number of benzene rings is 3. The van der Waals surface area contributed by atoms with Crippen molar-refractivity contribution in [3.63, 3.8) is 0 Å². The van der Waals surface area contributed by atoms with Gasteiger partial charge < -0.3 is 18.6 Å². The van der Waals surface area contributed by atoms with Crippen molar-refractivity contribution in [2.45, 2.75) is 33.4 Å².